The van der Waals surface area contributed by atoms with E-state index >= 15 is 0 Å². The Morgan fingerprint density at radius 2 is 1.48 bits per heavy atom. The molecule has 0 aromatic heterocycles. The van der Waals surface area contributed by atoms with Gasteiger partial charge >= 0.3 is 11.8 Å². The Labute approximate surface area is 274 Å². The summed E-state index contributed by atoms with van der Waals surface area (Å²) >= 11 is 0. The molecular weight excluding hydrogens is 604 g/mol. The largest absolute Gasteiger partial charge is 0.345 e. The van der Waals surface area contributed by atoms with E-state index in [1.165, 1.54) is 18.2 Å². The van der Waals surface area contributed by atoms with Crippen LogP contribution in [0.4, 0.5) is 17.1 Å². The van der Waals surface area contributed by atoms with Gasteiger partial charge in [-0.15, -0.1) is 0 Å². The fourth-order valence-electron chi connectivity index (χ4n) is 6.58. The number of aryl methyl sites for hydroxylation is 2. The lowest BCUT2D eigenvalue weighted by atomic mass is 9.79. The number of benzene rings is 2. The number of amides is 3. The number of piperidine rings is 1. The average molecular weight is 657 g/mol. The molecule has 1 aliphatic heterocycles. The molecule has 254 valence electrons. The molecule has 1 heterocycles. The van der Waals surface area contributed by atoms with Crippen molar-refractivity contribution in [1.29, 1.82) is 0 Å². The zero-order chi connectivity index (χ0) is 34.7. The van der Waals surface area contributed by atoms with E-state index in [-0.39, 0.29) is 39.3 Å². The Morgan fingerprint density at radius 1 is 0.913 bits per heavy atom. The summed E-state index contributed by atoms with van der Waals surface area (Å²) in [6.07, 6.45) is 2.61. The van der Waals surface area contributed by atoms with Crippen LogP contribution in [0.1, 0.15) is 92.2 Å². The fraction of sp³-hybridized carbons (Fsp3) is 0.559. The Balaban J connectivity index is 1.60. The molecule has 2 aromatic carbocycles. The number of carbonyl (C=O) groups is 3. The van der Waals surface area contributed by atoms with Crippen molar-refractivity contribution < 1.29 is 22.8 Å². The van der Waals surface area contributed by atoms with Crippen LogP contribution >= 0.6 is 0 Å². The highest BCUT2D eigenvalue weighted by Gasteiger charge is 2.38. The second-order valence-corrected chi connectivity index (χ2v) is 16.9. The van der Waals surface area contributed by atoms with E-state index in [0.717, 1.165) is 12.0 Å². The second kappa shape index (κ2) is 14.0. The van der Waals surface area contributed by atoms with Gasteiger partial charge in [0.05, 0.1) is 10.6 Å². The smallest absolute Gasteiger partial charge is 0.327 e. The maximum absolute atomic E-state index is 13.4. The van der Waals surface area contributed by atoms with E-state index in [2.05, 4.69) is 80.0 Å². The van der Waals surface area contributed by atoms with Crippen LogP contribution in [-0.4, -0.2) is 43.3 Å². The summed E-state index contributed by atoms with van der Waals surface area (Å²) in [5.74, 6) is -1.55. The highest BCUT2D eigenvalue weighted by Crippen LogP contribution is 2.30. The summed E-state index contributed by atoms with van der Waals surface area (Å²) in [5.41, 5.74) is 7.33. The van der Waals surface area contributed by atoms with Gasteiger partial charge in [0.2, 0.25) is 5.91 Å². The molecule has 1 unspecified atom stereocenters. The molecule has 0 saturated carbocycles. The molecule has 3 amide bonds. The van der Waals surface area contributed by atoms with Crippen LogP contribution < -0.4 is 31.5 Å². The second-order valence-electron chi connectivity index (χ2n) is 15.3. The Kier molecular flexibility index (Phi) is 11.2. The predicted molar refractivity (Wildman–Crippen MR) is 184 cm³/mol. The molecule has 0 aliphatic carbocycles. The summed E-state index contributed by atoms with van der Waals surface area (Å²) in [4.78, 5) is 37.8. The van der Waals surface area contributed by atoms with E-state index < -0.39 is 21.8 Å². The van der Waals surface area contributed by atoms with Gasteiger partial charge in [0.15, 0.2) is 0 Å². The Hall–Kier alpha value is -3.64. The Morgan fingerprint density at radius 3 is 2.04 bits per heavy atom. The van der Waals surface area contributed by atoms with E-state index in [9.17, 15) is 22.8 Å². The van der Waals surface area contributed by atoms with E-state index in [1.54, 1.807) is 25.1 Å². The average Bonchev–Trinajstić information content (AvgIpc) is 2.86. The van der Waals surface area contributed by atoms with Crippen LogP contribution in [0.2, 0.25) is 0 Å². The first-order valence-corrected chi connectivity index (χ1v) is 17.2. The molecule has 1 fully saturated rings. The topological polar surface area (TPSA) is 158 Å². The monoisotopic (exact) mass is 656 g/mol. The van der Waals surface area contributed by atoms with Crippen molar-refractivity contribution in [3.63, 3.8) is 0 Å². The van der Waals surface area contributed by atoms with Gasteiger partial charge in [-0.1, -0.05) is 33.8 Å². The molecule has 46 heavy (non-hydrogen) atoms. The molecule has 0 bridgehead atoms. The van der Waals surface area contributed by atoms with Gasteiger partial charge in [0.1, 0.15) is 0 Å². The first kappa shape index (κ1) is 36.8. The number of hydrogen-bond acceptors (Lipinski definition) is 7. The molecule has 1 aliphatic rings. The van der Waals surface area contributed by atoms with Crippen molar-refractivity contribution in [1.82, 2.24) is 16.1 Å². The first-order chi connectivity index (χ1) is 21.0. The highest BCUT2D eigenvalue weighted by molar-refractivity contribution is 7.92. The summed E-state index contributed by atoms with van der Waals surface area (Å²) in [7, 11) is -4.00. The third-order valence-corrected chi connectivity index (χ3v) is 9.29. The highest BCUT2D eigenvalue weighted by atomic mass is 32.2. The quantitative estimate of drug-likeness (QED) is 0.148. The van der Waals surface area contributed by atoms with Crippen LogP contribution in [0.3, 0.4) is 0 Å². The third-order valence-electron chi connectivity index (χ3n) is 7.77. The van der Waals surface area contributed by atoms with Gasteiger partial charge in [-0.3, -0.25) is 30.0 Å². The maximum Gasteiger partial charge on any atom is 0.327 e. The molecule has 11 nitrogen and oxygen atoms in total. The summed E-state index contributed by atoms with van der Waals surface area (Å²) < 4.78 is 29.3. The number of sulfonamides is 1. The Bertz CT molecular complexity index is 1530. The fourth-order valence-corrected chi connectivity index (χ4v) is 7.90. The molecule has 1 atom stereocenters. The zero-order valence-electron chi connectivity index (χ0n) is 28.9. The normalized spacial score (nSPS) is 17.0. The van der Waals surface area contributed by atoms with Gasteiger partial charge in [0.25, 0.3) is 10.0 Å². The van der Waals surface area contributed by atoms with Crippen LogP contribution in [0, 0.1) is 25.2 Å². The lowest BCUT2D eigenvalue weighted by molar-refractivity contribution is -0.139. The van der Waals surface area contributed by atoms with Gasteiger partial charge in [-0.05, 0) is 114 Å². The molecule has 0 spiro atoms. The van der Waals surface area contributed by atoms with Crippen molar-refractivity contribution in [2.24, 2.45) is 11.3 Å². The minimum atomic E-state index is -4.00. The molecule has 3 rings (SSSR count). The van der Waals surface area contributed by atoms with Crippen molar-refractivity contribution in [3.8, 4) is 0 Å². The summed E-state index contributed by atoms with van der Waals surface area (Å²) in [5, 5.41) is 9.26. The van der Waals surface area contributed by atoms with E-state index in [1.807, 2.05) is 13.8 Å². The standard InChI is InChI=1S/C34H52N6O5S/c1-21(18-32(4,5)6)15-29(41)36-27-17-28(23(3)16-22(27)2)46(44,45)39-25-13-11-24(12-14-25)37-38-31(43)30(42)35-26-19-33(7,8)40-34(9,10)20-26/h11-14,16-17,21,26,37,39-40H,15,18-20H2,1-10H3,(H,35,42)(H,36,41)(H,38,43). The molecular formula is C34H52N6O5S. The number of hydrazine groups is 1. The van der Waals surface area contributed by atoms with Gasteiger partial charge < -0.3 is 16.0 Å². The minimum Gasteiger partial charge on any atom is -0.345 e. The zero-order valence-corrected chi connectivity index (χ0v) is 29.7. The van der Waals surface area contributed by atoms with Crippen molar-refractivity contribution in [2.45, 2.75) is 117 Å². The van der Waals surface area contributed by atoms with Crippen molar-refractivity contribution in [2.75, 3.05) is 15.5 Å². The maximum atomic E-state index is 13.4. The molecule has 0 radical (unpaired) electrons. The van der Waals surface area contributed by atoms with E-state index in [4.69, 9.17) is 0 Å². The van der Waals surface area contributed by atoms with Gasteiger partial charge in [-0.25, -0.2) is 8.42 Å². The van der Waals surface area contributed by atoms with Crippen LogP contribution in [-0.2, 0) is 24.4 Å². The van der Waals surface area contributed by atoms with Crippen molar-refractivity contribution in [3.05, 3.63) is 47.5 Å². The number of rotatable bonds is 10. The van der Waals surface area contributed by atoms with Crippen LogP contribution in [0.25, 0.3) is 0 Å². The lowest BCUT2D eigenvalue weighted by Gasteiger charge is -2.46. The summed E-state index contributed by atoms with van der Waals surface area (Å²) in [6.45, 7) is 20.2. The molecule has 2 aromatic rings. The number of anilines is 3. The van der Waals surface area contributed by atoms with Crippen LogP contribution in [0.5, 0.6) is 0 Å². The van der Waals surface area contributed by atoms with Crippen molar-refractivity contribution >= 4 is 44.8 Å². The predicted octanol–water partition coefficient (Wildman–Crippen LogP) is 5.37. The molecule has 1 saturated heterocycles. The third kappa shape index (κ3) is 11.0. The van der Waals surface area contributed by atoms with Gasteiger partial charge in [0, 0.05) is 34.9 Å². The van der Waals surface area contributed by atoms with Crippen LogP contribution in [0.15, 0.2) is 41.3 Å². The summed E-state index contributed by atoms with van der Waals surface area (Å²) in [6, 6.07) is 9.29. The number of hydrogen-bond donors (Lipinski definition) is 6. The molecule has 6 N–H and O–H groups in total. The molecule has 12 heteroatoms. The minimum absolute atomic E-state index is 0.0529. The SMILES string of the molecule is Cc1cc(C)c(S(=O)(=O)Nc2ccc(NNC(=O)C(=O)NC3CC(C)(C)NC(C)(C)C3)cc2)cc1NC(=O)CC(C)CC(C)(C)C. The first-order valence-electron chi connectivity index (χ1n) is 15.7. The number of nitrogens with one attached hydrogen (secondary N) is 6. The number of carbonyl (C=O) groups excluding carboxylic acids is 3. The lowest BCUT2D eigenvalue weighted by Crippen LogP contribution is -2.63. The van der Waals surface area contributed by atoms with E-state index in [0.29, 0.717) is 41.9 Å². The van der Waals surface area contributed by atoms with Gasteiger partial charge in [-0.2, -0.15) is 0 Å².